The van der Waals surface area contributed by atoms with Crippen LogP contribution in [0.25, 0.3) is 0 Å². The zero-order valence-corrected chi connectivity index (χ0v) is 14.5. The molecule has 1 N–H and O–H groups in total. The topological polar surface area (TPSA) is 18.5 Å². The van der Waals surface area contributed by atoms with E-state index >= 15 is 0 Å². The molecule has 0 saturated carbocycles. The highest BCUT2D eigenvalue weighted by molar-refractivity contribution is 4.77. The Morgan fingerprint density at radius 3 is 2.60 bits per heavy atom. The first-order valence-corrected chi connectivity index (χ1v) is 8.65. The lowest BCUT2D eigenvalue weighted by atomic mass is 10.0. The molecule has 3 heteroatoms. The molecule has 0 bridgehead atoms. The summed E-state index contributed by atoms with van der Waals surface area (Å²) in [6.07, 6.45) is 5.28. The van der Waals surface area contributed by atoms with Gasteiger partial charge >= 0.3 is 0 Å². The van der Waals surface area contributed by atoms with Gasteiger partial charge in [0.05, 0.1) is 0 Å². The molecule has 120 valence electrons. The third-order valence-corrected chi connectivity index (χ3v) is 4.44. The van der Waals surface area contributed by atoms with Gasteiger partial charge in [0, 0.05) is 18.6 Å². The van der Waals surface area contributed by atoms with Crippen molar-refractivity contribution in [1.82, 2.24) is 15.1 Å². The summed E-state index contributed by atoms with van der Waals surface area (Å²) < 4.78 is 0. The third kappa shape index (κ3) is 7.61. The van der Waals surface area contributed by atoms with E-state index in [0.717, 1.165) is 5.92 Å². The van der Waals surface area contributed by atoms with E-state index in [-0.39, 0.29) is 0 Å². The summed E-state index contributed by atoms with van der Waals surface area (Å²) in [7, 11) is 2.24. The van der Waals surface area contributed by atoms with E-state index in [4.69, 9.17) is 0 Å². The maximum atomic E-state index is 3.72. The molecule has 1 unspecified atom stereocenters. The standard InChI is InChI=1S/C17H37N3/c1-15(2)13-17-14-20(12-8-9-18-17)11-7-6-10-19(5)16(3)4/h15-18H,6-14H2,1-5H3. The minimum absolute atomic E-state index is 0.674. The van der Waals surface area contributed by atoms with Crippen LogP contribution in [0.4, 0.5) is 0 Å². The average molecular weight is 284 g/mol. The molecule has 0 aromatic rings. The molecule has 3 nitrogen and oxygen atoms in total. The van der Waals surface area contributed by atoms with Crippen molar-refractivity contribution in [2.75, 3.05) is 39.8 Å². The molecule has 1 fully saturated rings. The summed E-state index contributed by atoms with van der Waals surface area (Å²) >= 11 is 0. The van der Waals surface area contributed by atoms with Crippen LogP contribution < -0.4 is 5.32 Å². The smallest absolute Gasteiger partial charge is 0.0197 e. The second kappa shape index (κ2) is 9.75. The first-order valence-electron chi connectivity index (χ1n) is 8.65. The third-order valence-electron chi connectivity index (χ3n) is 4.44. The molecule has 1 atom stereocenters. The van der Waals surface area contributed by atoms with Crippen molar-refractivity contribution in [2.45, 2.75) is 65.5 Å². The van der Waals surface area contributed by atoms with E-state index in [9.17, 15) is 0 Å². The van der Waals surface area contributed by atoms with Crippen LogP contribution in [0.15, 0.2) is 0 Å². The molecular formula is C17H37N3. The number of hydrogen-bond acceptors (Lipinski definition) is 3. The number of nitrogens with one attached hydrogen (secondary N) is 1. The molecule has 0 spiro atoms. The Hall–Kier alpha value is -0.120. The summed E-state index contributed by atoms with van der Waals surface area (Å²) in [6.45, 7) is 15.5. The molecule has 0 radical (unpaired) electrons. The van der Waals surface area contributed by atoms with Gasteiger partial charge in [0.1, 0.15) is 0 Å². The van der Waals surface area contributed by atoms with E-state index in [2.05, 4.69) is 49.9 Å². The van der Waals surface area contributed by atoms with Gasteiger partial charge in [-0.1, -0.05) is 13.8 Å². The van der Waals surface area contributed by atoms with E-state index in [1.165, 1.54) is 58.4 Å². The second-order valence-corrected chi connectivity index (χ2v) is 7.22. The maximum absolute atomic E-state index is 3.72. The zero-order chi connectivity index (χ0) is 15.0. The maximum Gasteiger partial charge on any atom is 0.0197 e. The molecule has 0 amide bonds. The van der Waals surface area contributed by atoms with Crippen molar-refractivity contribution >= 4 is 0 Å². The fraction of sp³-hybridized carbons (Fsp3) is 1.00. The fourth-order valence-corrected chi connectivity index (χ4v) is 2.96. The summed E-state index contributed by atoms with van der Waals surface area (Å²) in [6, 6.07) is 1.38. The zero-order valence-electron chi connectivity index (χ0n) is 14.5. The van der Waals surface area contributed by atoms with Crippen molar-refractivity contribution in [2.24, 2.45) is 5.92 Å². The Labute approximate surface area is 127 Å². The summed E-state index contributed by atoms with van der Waals surface area (Å²) in [5.74, 6) is 0.798. The first-order chi connectivity index (χ1) is 9.49. The largest absolute Gasteiger partial charge is 0.313 e. The minimum Gasteiger partial charge on any atom is -0.313 e. The van der Waals surface area contributed by atoms with Gasteiger partial charge in [0.25, 0.3) is 0 Å². The molecular weight excluding hydrogens is 246 g/mol. The molecule has 1 saturated heterocycles. The van der Waals surface area contributed by atoms with E-state index in [1.807, 2.05) is 0 Å². The van der Waals surface area contributed by atoms with Crippen LogP contribution in [0.2, 0.25) is 0 Å². The van der Waals surface area contributed by atoms with Gasteiger partial charge in [-0.3, -0.25) is 0 Å². The van der Waals surface area contributed by atoms with Crippen LogP contribution in [0, 0.1) is 5.92 Å². The molecule has 0 aromatic carbocycles. The number of unbranched alkanes of at least 4 members (excludes halogenated alkanes) is 1. The van der Waals surface area contributed by atoms with Gasteiger partial charge in [-0.2, -0.15) is 0 Å². The van der Waals surface area contributed by atoms with E-state index < -0.39 is 0 Å². The summed E-state index contributed by atoms with van der Waals surface area (Å²) in [4.78, 5) is 5.13. The van der Waals surface area contributed by atoms with Crippen LogP contribution in [-0.4, -0.2) is 61.7 Å². The van der Waals surface area contributed by atoms with Gasteiger partial charge in [-0.25, -0.2) is 0 Å². The Morgan fingerprint density at radius 1 is 1.20 bits per heavy atom. The molecule has 1 rings (SSSR count). The highest BCUT2D eigenvalue weighted by Crippen LogP contribution is 2.10. The lowest BCUT2D eigenvalue weighted by Crippen LogP contribution is -2.39. The Morgan fingerprint density at radius 2 is 1.95 bits per heavy atom. The summed E-state index contributed by atoms with van der Waals surface area (Å²) in [5, 5.41) is 3.72. The van der Waals surface area contributed by atoms with Gasteiger partial charge in [0.15, 0.2) is 0 Å². The fourth-order valence-electron chi connectivity index (χ4n) is 2.96. The summed E-state index contributed by atoms with van der Waals surface area (Å²) in [5.41, 5.74) is 0. The highest BCUT2D eigenvalue weighted by Gasteiger charge is 2.18. The molecule has 1 aliphatic rings. The Kier molecular flexibility index (Phi) is 8.74. The SMILES string of the molecule is CC(C)CC1CN(CCCCN(C)C(C)C)CCCN1. The van der Waals surface area contributed by atoms with Crippen molar-refractivity contribution in [3.8, 4) is 0 Å². The van der Waals surface area contributed by atoms with Crippen LogP contribution >= 0.6 is 0 Å². The normalized spacial score (nSPS) is 21.9. The van der Waals surface area contributed by atoms with Crippen molar-refractivity contribution < 1.29 is 0 Å². The van der Waals surface area contributed by atoms with Crippen molar-refractivity contribution in [1.29, 1.82) is 0 Å². The Balaban J connectivity index is 2.21. The molecule has 1 heterocycles. The predicted octanol–water partition coefficient (Wildman–Crippen LogP) is 2.82. The number of nitrogens with zero attached hydrogens (tertiary/aromatic N) is 2. The van der Waals surface area contributed by atoms with Gasteiger partial charge in [-0.15, -0.1) is 0 Å². The molecule has 20 heavy (non-hydrogen) atoms. The lowest BCUT2D eigenvalue weighted by Gasteiger charge is -2.26. The second-order valence-electron chi connectivity index (χ2n) is 7.22. The number of hydrogen-bond donors (Lipinski definition) is 1. The van der Waals surface area contributed by atoms with E-state index in [0.29, 0.717) is 12.1 Å². The van der Waals surface area contributed by atoms with Crippen LogP contribution in [0.1, 0.15) is 53.4 Å². The van der Waals surface area contributed by atoms with E-state index in [1.54, 1.807) is 0 Å². The Bertz CT molecular complexity index is 240. The average Bonchev–Trinajstić information content (AvgIpc) is 2.58. The quantitative estimate of drug-likeness (QED) is 0.691. The predicted molar refractivity (Wildman–Crippen MR) is 89.3 cm³/mol. The molecule has 0 aromatic heterocycles. The lowest BCUT2D eigenvalue weighted by molar-refractivity contribution is 0.232. The highest BCUT2D eigenvalue weighted by atomic mass is 15.2. The van der Waals surface area contributed by atoms with Gasteiger partial charge in [0.2, 0.25) is 0 Å². The first kappa shape index (κ1) is 17.9. The molecule has 0 aliphatic carbocycles. The van der Waals surface area contributed by atoms with Crippen LogP contribution in [0.3, 0.4) is 0 Å². The van der Waals surface area contributed by atoms with Crippen molar-refractivity contribution in [3.05, 3.63) is 0 Å². The minimum atomic E-state index is 0.674. The molecule has 1 aliphatic heterocycles. The van der Waals surface area contributed by atoms with Gasteiger partial charge in [-0.05, 0) is 78.7 Å². The van der Waals surface area contributed by atoms with Gasteiger partial charge < -0.3 is 15.1 Å². The number of rotatable bonds is 8. The van der Waals surface area contributed by atoms with Crippen LogP contribution in [0.5, 0.6) is 0 Å². The monoisotopic (exact) mass is 283 g/mol. The van der Waals surface area contributed by atoms with Crippen molar-refractivity contribution in [3.63, 3.8) is 0 Å². The van der Waals surface area contributed by atoms with Crippen LogP contribution in [-0.2, 0) is 0 Å².